The number of carbonyl (C=O) groups is 2. The van der Waals surface area contributed by atoms with Crippen molar-refractivity contribution in [2.75, 3.05) is 10.6 Å². The molecular weight excluding hydrogens is 636 g/mol. The lowest BCUT2D eigenvalue weighted by Gasteiger charge is -2.17. The number of aromatic nitrogens is 2. The van der Waals surface area contributed by atoms with Crippen LogP contribution in [0.1, 0.15) is 30.8 Å². The van der Waals surface area contributed by atoms with E-state index in [1.54, 1.807) is 0 Å². The molecule has 2 heterocycles. The summed E-state index contributed by atoms with van der Waals surface area (Å²) in [7, 11) is -4.15. The fourth-order valence-electron chi connectivity index (χ4n) is 3.99. The van der Waals surface area contributed by atoms with E-state index in [0.29, 0.717) is 10.6 Å². The SMILES string of the molecule is CCC(C(=O)Nc1cc(O)c(NC(=O)C2=CC(c3c(Cl)cc(Cl)cc3Cl)N=C2)cc1Cl)S(=O)(=O)c1ccnc(C)n1. The highest BCUT2D eigenvalue weighted by Crippen LogP contribution is 2.39. The summed E-state index contributed by atoms with van der Waals surface area (Å²) in [5.74, 6) is -1.69. The highest BCUT2D eigenvalue weighted by molar-refractivity contribution is 7.92. The summed E-state index contributed by atoms with van der Waals surface area (Å²) in [5, 5.41) is 14.6. The van der Waals surface area contributed by atoms with E-state index in [1.807, 2.05) is 0 Å². The zero-order chi connectivity index (χ0) is 30.1. The quantitative estimate of drug-likeness (QED) is 0.199. The van der Waals surface area contributed by atoms with Crippen molar-refractivity contribution in [3.05, 3.63) is 79.7 Å². The Bertz CT molecular complexity index is 1710. The number of aromatic hydroxyl groups is 1. The van der Waals surface area contributed by atoms with Crippen LogP contribution in [0.15, 0.2) is 58.2 Å². The van der Waals surface area contributed by atoms with E-state index < -0.39 is 38.7 Å². The highest BCUT2D eigenvalue weighted by Gasteiger charge is 2.34. The van der Waals surface area contributed by atoms with Crippen molar-refractivity contribution in [2.24, 2.45) is 4.99 Å². The number of aryl methyl sites for hydroxylation is 1. The third-order valence-electron chi connectivity index (χ3n) is 5.98. The zero-order valence-corrected chi connectivity index (χ0v) is 25.2. The molecule has 0 radical (unpaired) electrons. The van der Waals surface area contributed by atoms with Gasteiger partial charge in [-0.1, -0.05) is 53.3 Å². The Balaban J connectivity index is 1.50. The van der Waals surface area contributed by atoms with Gasteiger partial charge < -0.3 is 15.7 Å². The smallest absolute Gasteiger partial charge is 0.257 e. The average Bonchev–Trinajstić information content (AvgIpc) is 3.36. The number of rotatable bonds is 8. The minimum absolute atomic E-state index is 0.0565. The molecule has 2 aromatic carbocycles. The van der Waals surface area contributed by atoms with Crippen LogP contribution in [0.2, 0.25) is 20.1 Å². The van der Waals surface area contributed by atoms with E-state index in [-0.39, 0.29) is 49.3 Å². The van der Waals surface area contributed by atoms with Gasteiger partial charge in [0, 0.05) is 39.1 Å². The van der Waals surface area contributed by atoms with Gasteiger partial charge in [0.25, 0.3) is 5.91 Å². The van der Waals surface area contributed by atoms with E-state index in [4.69, 9.17) is 46.4 Å². The number of halogens is 4. The van der Waals surface area contributed by atoms with Crippen LogP contribution in [0.4, 0.5) is 11.4 Å². The number of hydrogen-bond acceptors (Lipinski definition) is 8. The van der Waals surface area contributed by atoms with Crippen LogP contribution in [0, 0.1) is 6.92 Å². The number of aliphatic imine (C=N–C) groups is 1. The number of sulfone groups is 1. The third-order valence-corrected chi connectivity index (χ3v) is 9.25. The second kappa shape index (κ2) is 12.3. The molecule has 1 aliphatic heterocycles. The number of phenolic OH excluding ortho intramolecular Hbond substituents is 1. The second-order valence-electron chi connectivity index (χ2n) is 8.80. The molecular formula is C26H21Cl4N5O5S. The van der Waals surface area contributed by atoms with Crippen LogP contribution in [0.5, 0.6) is 5.75 Å². The van der Waals surface area contributed by atoms with E-state index in [1.165, 1.54) is 56.6 Å². The summed E-state index contributed by atoms with van der Waals surface area (Å²) in [6, 6.07) is 5.92. The molecule has 2 amide bonds. The molecule has 0 fully saturated rings. The number of carbonyl (C=O) groups excluding carboxylic acids is 2. The van der Waals surface area contributed by atoms with Crippen LogP contribution in [-0.4, -0.2) is 46.8 Å². The van der Waals surface area contributed by atoms with Crippen molar-refractivity contribution in [1.82, 2.24) is 9.97 Å². The maximum Gasteiger partial charge on any atom is 0.257 e. The first kappa shape index (κ1) is 30.7. The molecule has 2 atom stereocenters. The first-order chi connectivity index (χ1) is 19.3. The Morgan fingerprint density at radius 1 is 1.02 bits per heavy atom. The molecule has 0 aliphatic carbocycles. The lowest BCUT2D eigenvalue weighted by molar-refractivity contribution is -0.116. The van der Waals surface area contributed by atoms with Crippen LogP contribution in [0.3, 0.4) is 0 Å². The van der Waals surface area contributed by atoms with Crippen molar-refractivity contribution in [1.29, 1.82) is 0 Å². The lowest BCUT2D eigenvalue weighted by atomic mass is 10.1. The normalized spacial score (nSPS) is 15.4. The number of benzene rings is 2. The number of nitrogens with one attached hydrogen (secondary N) is 2. The standard InChI is InChI=1S/C26H21Cl4N5O5S/c1-3-22(41(39,40)23-4-5-31-12(2)33-23)26(38)34-18-10-21(36)19(9-15(18)28)35-25(37)13-6-20(32-11-13)24-16(29)7-14(27)8-17(24)30/h4-11,20,22,36H,3H2,1-2H3,(H,34,38)(H,35,37). The Labute approximate surface area is 255 Å². The maximum atomic E-state index is 13.0. The van der Waals surface area contributed by atoms with Crippen LogP contribution < -0.4 is 10.6 Å². The predicted octanol–water partition coefficient (Wildman–Crippen LogP) is 5.99. The molecule has 214 valence electrons. The molecule has 3 aromatic rings. The molecule has 2 unspecified atom stereocenters. The van der Waals surface area contributed by atoms with E-state index in [0.717, 1.165) is 6.07 Å². The van der Waals surface area contributed by atoms with Gasteiger partial charge in [-0.2, -0.15) is 0 Å². The van der Waals surface area contributed by atoms with E-state index in [9.17, 15) is 23.1 Å². The summed E-state index contributed by atoms with van der Waals surface area (Å²) in [6.45, 7) is 3.07. The van der Waals surface area contributed by atoms with Gasteiger partial charge in [0.2, 0.25) is 15.7 Å². The zero-order valence-electron chi connectivity index (χ0n) is 21.3. The molecule has 41 heavy (non-hydrogen) atoms. The lowest BCUT2D eigenvalue weighted by Crippen LogP contribution is -2.35. The monoisotopic (exact) mass is 655 g/mol. The Kier molecular flexibility index (Phi) is 9.25. The van der Waals surface area contributed by atoms with Gasteiger partial charge in [-0.3, -0.25) is 14.6 Å². The number of nitrogens with zero attached hydrogens (tertiary/aromatic N) is 3. The Morgan fingerprint density at radius 3 is 2.34 bits per heavy atom. The fraction of sp³-hybridized carbons (Fsp3) is 0.192. The highest BCUT2D eigenvalue weighted by atomic mass is 35.5. The molecule has 1 aromatic heterocycles. The Hall–Kier alpha value is -3.22. The average molecular weight is 657 g/mol. The number of phenols is 1. The van der Waals surface area contributed by atoms with E-state index >= 15 is 0 Å². The summed E-state index contributed by atoms with van der Waals surface area (Å²) in [4.78, 5) is 37.9. The minimum Gasteiger partial charge on any atom is -0.506 e. The van der Waals surface area contributed by atoms with Gasteiger partial charge in [0.05, 0.1) is 28.0 Å². The van der Waals surface area contributed by atoms with Crippen LogP contribution in [0.25, 0.3) is 0 Å². The van der Waals surface area contributed by atoms with Crippen molar-refractivity contribution in [2.45, 2.75) is 36.6 Å². The van der Waals surface area contributed by atoms with Gasteiger partial charge in [-0.15, -0.1) is 0 Å². The van der Waals surface area contributed by atoms with Gasteiger partial charge in [-0.05, 0) is 43.7 Å². The molecule has 0 saturated carbocycles. The number of anilines is 2. The number of amides is 2. The fourth-order valence-corrected chi connectivity index (χ4v) is 6.83. The minimum atomic E-state index is -4.15. The van der Waals surface area contributed by atoms with Gasteiger partial charge in [-0.25, -0.2) is 18.4 Å². The molecule has 0 bridgehead atoms. The van der Waals surface area contributed by atoms with Gasteiger partial charge in [0.15, 0.2) is 5.03 Å². The molecule has 1 aliphatic rings. The second-order valence-corrected chi connectivity index (χ2v) is 12.5. The van der Waals surface area contributed by atoms with Crippen molar-refractivity contribution >= 4 is 85.6 Å². The molecule has 0 saturated heterocycles. The van der Waals surface area contributed by atoms with Crippen LogP contribution >= 0.6 is 46.4 Å². The topological polar surface area (TPSA) is 151 Å². The molecule has 10 nitrogen and oxygen atoms in total. The largest absolute Gasteiger partial charge is 0.506 e. The molecule has 3 N–H and O–H groups in total. The molecule has 0 spiro atoms. The number of hydrogen-bond donors (Lipinski definition) is 3. The first-order valence-electron chi connectivity index (χ1n) is 11.9. The van der Waals surface area contributed by atoms with Crippen LogP contribution in [-0.2, 0) is 19.4 Å². The van der Waals surface area contributed by atoms with Gasteiger partial charge in [0.1, 0.15) is 16.8 Å². The van der Waals surface area contributed by atoms with Crippen molar-refractivity contribution in [3.8, 4) is 5.75 Å². The molecule has 15 heteroatoms. The predicted molar refractivity (Wildman–Crippen MR) is 159 cm³/mol. The molecule has 4 rings (SSSR count). The summed E-state index contributed by atoms with van der Waals surface area (Å²) >= 11 is 24.8. The van der Waals surface area contributed by atoms with E-state index in [2.05, 4.69) is 25.6 Å². The van der Waals surface area contributed by atoms with Crippen molar-refractivity contribution < 1.29 is 23.1 Å². The maximum absolute atomic E-state index is 13.0. The van der Waals surface area contributed by atoms with Crippen molar-refractivity contribution in [3.63, 3.8) is 0 Å². The summed E-state index contributed by atoms with van der Waals surface area (Å²) in [5.41, 5.74) is 0.522. The summed E-state index contributed by atoms with van der Waals surface area (Å²) < 4.78 is 26.1. The van der Waals surface area contributed by atoms with Gasteiger partial charge >= 0.3 is 0 Å². The third kappa shape index (κ3) is 6.65. The summed E-state index contributed by atoms with van der Waals surface area (Å²) in [6.07, 6.45) is 4.10. The first-order valence-corrected chi connectivity index (χ1v) is 14.9. The Morgan fingerprint density at radius 2 is 1.71 bits per heavy atom.